The van der Waals surface area contributed by atoms with E-state index in [4.69, 9.17) is 16.7 Å². The number of nitriles is 1. The third-order valence-electron chi connectivity index (χ3n) is 0.577. The van der Waals surface area contributed by atoms with Crippen molar-refractivity contribution in [3.63, 3.8) is 0 Å². The highest BCUT2D eigenvalue weighted by molar-refractivity contribution is 7.99. The molecule has 4 N–H and O–H groups in total. The van der Waals surface area contributed by atoms with Gasteiger partial charge in [0.1, 0.15) is 5.50 Å². The van der Waals surface area contributed by atoms with Gasteiger partial charge in [-0.1, -0.05) is 6.08 Å². The Bertz CT molecular complexity index is 125. The lowest BCUT2D eigenvalue weighted by Crippen LogP contribution is -2.26. The van der Waals surface area contributed by atoms with Crippen LogP contribution in [0.5, 0.6) is 0 Å². The number of thioether (sulfide) groups is 1. The van der Waals surface area contributed by atoms with Crippen molar-refractivity contribution in [2.45, 2.75) is 5.50 Å². The Kier molecular flexibility index (Phi) is 5.32. The van der Waals surface area contributed by atoms with Gasteiger partial charge in [-0.25, -0.2) is 0 Å². The molecule has 0 aromatic carbocycles. The Morgan fingerprint density at radius 1 is 1.67 bits per heavy atom. The van der Waals surface area contributed by atoms with Crippen molar-refractivity contribution in [1.82, 2.24) is 0 Å². The second kappa shape index (κ2) is 5.63. The van der Waals surface area contributed by atoms with Crippen molar-refractivity contribution >= 4 is 11.8 Å². The summed E-state index contributed by atoms with van der Waals surface area (Å²) in [5.41, 5.74) is 10.1. The van der Waals surface area contributed by atoms with E-state index in [1.54, 1.807) is 6.08 Å². The fourth-order valence-corrected chi connectivity index (χ4v) is 0.697. The van der Waals surface area contributed by atoms with Gasteiger partial charge in [0, 0.05) is 11.8 Å². The van der Waals surface area contributed by atoms with Crippen molar-refractivity contribution in [2.24, 2.45) is 11.5 Å². The van der Waals surface area contributed by atoms with Crippen LogP contribution in [0.25, 0.3) is 0 Å². The maximum absolute atomic E-state index is 8.02. The largest absolute Gasteiger partial charge is 0.307 e. The highest BCUT2D eigenvalue weighted by Crippen LogP contribution is 1.98. The molecular formula is C5H9N3S. The average molecular weight is 143 g/mol. The quantitative estimate of drug-likeness (QED) is 0.430. The molecule has 0 aromatic heterocycles. The number of hydrogen-bond donors (Lipinski definition) is 2. The highest BCUT2D eigenvalue weighted by atomic mass is 32.2. The third-order valence-corrected chi connectivity index (χ3v) is 1.35. The molecule has 0 radical (unpaired) electrons. The molecule has 0 aromatic rings. The Morgan fingerprint density at radius 3 is 2.78 bits per heavy atom. The predicted octanol–water partition coefficient (Wildman–Crippen LogP) is 0.000380. The van der Waals surface area contributed by atoms with E-state index in [0.29, 0.717) is 5.75 Å². The monoisotopic (exact) mass is 143 g/mol. The third kappa shape index (κ3) is 7.50. The normalized spacial score (nSPS) is 10.4. The summed E-state index contributed by atoms with van der Waals surface area (Å²) in [5, 5.41) is 8.02. The molecule has 0 fully saturated rings. The molecule has 0 aliphatic heterocycles. The van der Waals surface area contributed by atoms with Gasteiger partial charge in [-0.05, 0) is 0 Å². The molecule has 50 valence electrons. The van der Waals surface area contributed by atoms with Crippen molar-refractivity contribution < 1.29 is 0 Å². The number of allylic oxidation sites excluding steroid dienone is 1. The molecule has 4 heteroatoms. The first kappa shape index (κ1) is 8.50. The van der Waals surface area contributed by atoms with Gasteiger partial charge < -0.3 is 11.5 Å². The van der Waals surface area contributed by atoms with Crippen molar-refractivity contribution in [3.8, 4) is 6.07 Å². The van der Waals surface area contributed by atoms with E-state index < -0.39 is 0 Å². The second-order valence-electron chi connectivity index (χ2n) is 1.33. The molecule has 0 rings (SSSR count). The lowest BCUT2D eigenvalue weighted by atomic mass is 10.6. The minimum absolute atomic E-state index is 0.339. The fourth-order valence-electron chi connectivity index (χ4n) is 0.267. The molecule has 0 saturated heterocycles. The van der Waals surface area contributed by atoms with E-state index in [2.05, 4.69) is 0 Å². The lowest BCUT2D eigenvalue weighted by molar-refractivity contribution is 0.990. The van der Waals surface area contributed by atoms with Crippen LogP contribution < -0.4 is 11.5 Å². The molecule has 0 saturated carbocycles. The molecule has 0 amide bonds. The molecule has 0 heterocycles. The molecule has 9 heavy (non-hydrogen) atoms. The van der Waals surface area contributed by atoms with Crippen LogP contribution in [-0.2, 0) is 0 Å². The van der Waals surface area contributed by atoms with Gasteiger partial charge in [-0.3, -0.25) is 0 Å². The Morgan fingerprint density at radius 2 is 2.33 bits per heavy atom. The molecule has 0 unspecified atom stereocenters. The van der Waals surface area contributed by atoms with Gasteiger partial charge in [-0.15, -0.1) is 11.8 Å². The summed E-state index contributed by atoms with van der Waals surface area (Å²) in [5.74, 6) is 0.700. The summed E-state index contributed by atoms with van der Waals surface area (Å²) < 4.78 is 0. The Balaban J connectivity index is 3.12. The van der Waals surface area contributed by atoms with E-state index >= 15 is 0 Å². The van der Waals surface area contributed by atoms with Gasteiger partial charge >= 0.3 is 0 Å². The molecule has 0 aliphatic carbocycles. The standard InChI is InChI=1S/C5H9N3S/c6-3-1-2-4-9-5(7)8/h1-2,5H,4,7-8H2. The first-order chi connectivity index (χ1) is 4.27. The van der Waals surface area contributed by atoms with Crippen LogP contribution in [0.3, 0.4) is 0 Å². The average Bonchev–Trinajstić information content (AvgIpc) is 1.80. The van der Waals surface area contributed by atoms with Gasteiger partial charge in [-0.2, -0.15) is 5.26 Å². The van der Waals surface area contributed by atoms with Gasteiger partial charge in [0.25, 0.3) is 0 Å². The summed E-state index contributed by atoms with van der Waals surface area (Å²) in [6.45, 7) is 0. The van der Waals surface area contributed by atoms with Crippen LogP contribution in [-0.4, -0.2) is 11.3 Å². The van der Waals surface area contributed by atoms with Gasteiger partial charge in [0.05, 0.1) is 6.07 Å². The minimum Gasteiger partial charge on any atom is -0.307 e. The smallest absolute Gasteiger partial charge is 0.101 e. The molecule has 0 atom stereocenters. The maximum atomic E-state index is 8.02. The lowest BCUT2D eigenvalue weighted by Gasteiger charge is -1.98. The molecular weight excluding hydrogens is 134 g/mol. The first-order valence-electron chi connectivity index (χ1n) is 2.44. The zero-order valence-electron chi connectivity index (χ0n) is 4.95. The summed E-state index contributed by atoms with van der Waals surface area (Å²) in [6.07, 6.45) is 3.13. The Labute approximate surface area is 58.7 Å². The summed E-state index contributed by atoms with van der Waals surface area (Å²) >= 11 is 1.39. The van der Waals surface area contributed by atoms with E-state index in [1.807, 2.05) is 6.07 Å². The van der Waals surface area contributed by atoms with Gasteiger partial charge in [0.2, 0.25) is 0 Å². The molecule has 0 aliphatic rings. The first-order valence-corrected chi connectivity index (χ1v) is 3.49. The van der Waals surface area contributed by atoms with Crippen LogP contribution >= 0.6 is 11.8 Å². The SMILES string of the molecule is N#CC=CCSC(N)N. The fraction of sp³-hybridized carbons (Fsp3) is 0.400. The summed E-state index contributed by atoms with van der Waals surface area (Å²) in [7, 11) is 0. The maximum Gasteiger partial charge on any atom is 0.101 e. The predicted molar refractivity (Wildman–Crippen MR) is 39.4 cm³/mol. The number of nitrogens with zero attached hydrogens (tertiary/aromatic N) is 1. The minimum atomic E-state index is -0.339. The van der Waals surface area contributed by atoms with Crippen molar-refractivity contribution in [3.05, 3.63) is 12.2 Å². The zero-order valence-corrected chi connectivity index (χ0v) is 5.77. The van der Waals surface area contributed by atoms with Gasteiger partial charge in [0.15, 0.2) is 0 Å². The van der Waals surface area contributed by atoms with E-state index in [9.17, 15) is 0 Å². The van der Waals surface area contributed by atoms with Crippen LogP contribution in [0, 0.1) is 11.3 Å². The topological polar surface area (TPSA) is 75.8 Å². The summed E-state index contributed by atoms with van der Waals surface area (Å²) in [6, 6.07) is 1.87. The molecule has 3 nitrogen and oxygen atoms in total. The van der Waals surface area contributed by atoms with E-state index in [1.165, 1.54) is 17.8 Å². The number of rotatable bonds is 3. The van der Waals surface area contributed by atoms with Crippen LogP contribution in [0.4, 0.5) is 0 Å². The van der Waals surface area contributed by atoms with Crippen molar-refractivity contribution in [2.75, 3.05) is 5.75 Å². The number of nitrogens with two attached hydrogens (primary N) is 2. The molecule has 0 spiro atoms. The van der Waals surface area contributed by atoms with Crippen LogP contribution in [0.2, 0.25) is 0 Å². The Hall–Kier alpha value is -0.500. The second-order valence-corrected chi connectivity index (χ2v) is 2.54. The van der Waals surface area contributed by atoms with Crippen LogP contribution in [0.15, 0.2) is 12.2 Å². The number of hydrogen-bond acceptors (Lipinski definition) is 4. The van der Waals surface area contributed by atoms with E-state index in [-0.39, 0.29) is 5.50 Å². The summed E-state index contributed by atoms with van der Waals surface area (Å²) in [4.78, 5) is 0. The molecule has 0 bridgehead atoms. The van der Waals surface area contributed by atoms with Crippen molar-refractivity contribution in [1.29, 1.82) is 5.26 Å². The van der Waals surface area contributed by atoms with Crippen LogP contribution in [0.1, 0.15) is 0 Å². The zero-order chi connectivity index (χ0) is 7.11. The highest BCUT2D eigenvalue weighted by Gasteiger charge is 1.88. The van der Waals surface area contributed by atoms with E-state index in [0.717, 1.165) is 0 Å².